The van der Waals surface area contributed by atoms with E-state index in [0.29, 0.717) is 54.6 Å². The Bertz CT molecular complexity index is 1260. The lowest BCUT2D eigenvalue weighted by atomic mass is 10.1. The maximum atomic E-state index is 13.1. The summed E-state index contributed by atoms with van der Waals surface area (Å²) in [6.45, 7) is 6.72. The van der Waals surface area contributed by atoms with Crippen molar-refractivity contribution in [2.24, 2.45) is 0 Å². The highest BCUT2D eigenvalue weighted by atomic mass is 16.5. The van der Waals surface area contributed by atoms with Crippen LogP contribution in [-0.2, 0) is 26.1 Å². The molecule has 1 aliphatic heterocycles. The standard InChI is InChI=1S/C23H31N5O5/c1-6-26-20-18(21(29)27(7-2)23(26)30)28-11-8-10-25(22(28)24-20)12-9-15-13-16(31-3)19(33-5)17(14-15)32-4/h13-14H,6-12H2,1-5H3. The predicted octanol–water partition coefficient (Wildman–Crippen LogP) is 1.88. The van der Waals surface area contributed by atoms with Crippen LogP contribution in [0.4, 0.5) is 5.95 Å². The lowest BCUT2D eigenvalue weighted by Crippen LogP contribution is -2.40. The van der Waals surface area contributed by atoms with E-state index in [-0.39, 0.29) is 11.2 Å². The van der Waals surface area contributed by atoms with Gasteiger partial charge in [-0.1, -0.05) is 0 Å². The van der Waals surface area contributed by atoms with Crippen molar-refractivity contribution in [2.75, 3.05) is 39.3 Å². The van der Waals surface area contributed by atoms with E-state index in [2.05, 4.69) is 4.90 Å². The second kappa shape index (κ2) is 9.21. The number of hydrogen-bond acceptors (Lipinski definition) is 7. The summed E-state index contributed by atoms with van der Waals surface area (Å²) < 4.78 is 21.2. The van der Waals surface area contributed by atoms with Crippen molar-refractivity contribution < 1.29 is 14.2 Å². The van der Waals surface area contributed by atoms with Crippen LogP contribution in [0.25, 0.3) is 11.2 Å². The molecule has 3 aromatic rings. The number of fused-ring (bicyclic) bond motifs is 3. The fourth-order valence-electron chi connectivity index (χ4n) is 4.57. The molecule has 33 heavy (non-hydrogen) atoms. The van der Waals surface area contributed by atoms with Crippen molar-refractivity contribution >= 4 is 17.1 Å². The van der Waals surface area contributed by atoms with Crippen molar-refractivity contribution in [3.8, 4) is 17.2 Å². The van der Waals surface area contributed by atoms with E-state index in [1.165, 1.54) is 4.57 Å². The number of aryl methyl sites for hydroxylation is 2. The Labute approximate surface area is 191 Å². The monoisotopic (exact) mass is 457 g/mol. The van der Waals surface area contributed by atoms with Crippen molar-refractivity contribution in [3.63, 3.8) is 0 Å². The summed E-state index contributed by atoms with van der Waals surface area (Å²) in [7, 11) is 4.79. The summed E-state index contributed by atoms with van der Waals surface area (Å²) in [5.41, 5.74) is 1.43. The zero-order valence-electron chi connectivity index (χ0n) is 19.9. The maximum absolute atomic E-state index is 13.1. The van der Waals surface area contributed by atoms with E-state index in [9.17, 15) is 9.59 Å². The second-order valence-corrected chi connectivity index (χ2v) is 7.94. The third kappa shape index (κ3) is 3.73. The molecule has 0 aliphatic carbocycles. The molecular formula is C23H31N5O5. The van der Waals surface area contributed by atoms with Crippen LogP contribution in [0, 0.1) is 0 Å². The van der Waals surface area contributed by atoms with Crippen LogP contribution in [0.15, 0.2) is 21.7 Å². The minimum absolute atomic E-state index is 0.271. The third-order valence-electron chi connectivity index (χ3n) is 6.21. The largest absolute Gasteiger partial charge is 0.493 e. The predicted molar refractivity (Wildman–Crippen MR) is 126 cm³/mol. The fraction of sp³-hybridized carbons (Fsp3) is 0.522. The van der Waals surface area contributed by atoms with Crippen molar-refractivity contribution in [1.82, 2.24) is 18.7 Å². The molecule has 0 unspecified atom stereocenters. The minimum Gasteiger partial charge on any atom is -0.493 e. The summed E-state index contributed by atoms with van der Waals surface area (Å²) in [6, 6.07) is 3.89. The van der Waals surface area contributed by atoms with Gasteiger partial charge < -0.3 is 23.7 Å². The minimum atomic E-state index is -0.308. The third-order valence-corrected chi connectivity index (χ3v) is 6.21. The summed E-state index contributed by atoms with van der Waals surface area (Å²) >= 11 is 0. The molecule has 0 amide bonds. The van der Waals surface area contributed by atoms with Gasteiger partial charge in [0.2, 0.25) is 11.7 Å². The number of imidazole rings is 1. The van der Waals surface area contributed by atoms with Gasteiger partial charge in [-0.3, -0.25) is 13.9 Å². The lowest BCUT2D eigenvalue weighted by Gasteiger charge is -2.29. The fourth-order valence-corrected chi connectivity index (χ4v) is 4.57. The van der Waals surface area contributed by atoms with E-state index in [4.69, 9.17) is 19.2 Å². The number of anilines is 1. The highest BCUT2D eigenvalue weighted by molar-refractivity contribution is 5.75. The van der Waals surface area contributed by atoms with Crippen LogP contribution >= 0.6 is 0 Å². The molecule has 2 aromatic heterocycles. The summed E-state index contributed by atoms with van der Waals surface area (Å²) in [5, 5.41) is 0. The molecule has 0 N–H and O–H groups in total. The second-order valence-electron chi connectivity index (χ2n) is 7.94. The van der Waals surface area contributed by atoms with Gasteiger partial charge in [0.05, 0.1) is 21.3 Å². The van der Waals surface area contributed by atoms with Gasteiger partial charge in [0, 0.05) is 32.7 Å². The SMILES string of the molecule is CCn1c(=O)c2c(nc3n2CCCN3CCc2cc(OC)c(OC)c(OC)c2)n(CC)c1=O. The Morgan fingerprint density at radius 3 is 2.18 bits per heavy atom. The lowest BCUT2D eigenvalue weighted by molar-refractivity contribution is 0.324. The van der Waals surface area contributed by atoms with Gasteiger partial charge in [-0.2, -0.15) is 4.98 Å². The van der Waals surface area contributed by atoms with Crippen LogP contribution in [0.2, 0.25) is 0 Å². The van der Waals surface area contributed by atoms with Crippen molar-refractivity contribution in [2.45, 2.75) is 46.3 Å². The molecule has 178 valence electrons. The molecule has 0 radical (unpaired) electrons. The summed E-state index contributed by atoms with van der Waals surface area (Å²) in [4.78, 5) is 32.8. The Balaban J connectivity index is 1.72. The Kier molecular flexibility index (Phi) is 6.35. The molecule has 0 atom stereocenters. The number of rotatable bonds is 8. The smallest absolute Gasteiger partial charge is 0.332 e. The first-order chi connectivity index (χ1) is 16.0. The normalized spacial score (nSPS) is 13.3. The molecule has 10 nitrogen and oxygen atoms in total. The average molecular weight is 458 g/mol. The van der Waals surface area contributed by atoms with Gasteiger partial charge >= 0.3 is 5.69 Å². The highest BCUT2D eigenvalue weighted by Gasteiger charge is 2.26. The van der Waals surface area contributed by atoms with Crippen LogP contribution in [0.5, 0.6) is 17.2 Å². The highest BCUT2D eigenvalue weighted by Crippen LogP contribution is 2.38. The van der Waals surface area contributed by atoms with E-state index >= 15 is 0 Å². The first-order valence-electron chi connectivity index (χ1n) is 11.3. The van der Waals surface area contributed by atoms with Crippen LogP contribution < -0.4 is 30.4 Å². The van der Waals surface area contributed by atoms with Gasteiger partial charge in [0.15, 0.2) is 22.7 Å². The molecule has 0 fully saturated rings. The Hall–Kier alpha value is -3.43. The maximum Gasteiger partial charge on any atom is 0.332 e. The van der Waals surface area contributed by atoms with Crippen LogP contribution in [0.1, 0.15) is 25.8 Å². The molecule has 1 aromatic carbocycles. The molecule has 0 spiro atoms. The molecule has 0 bridgehead atoms. The first kappa shape index (κ1) is 22.8. The number of ether oxygens (including phenoxy) is 3. The van der Waals surface area contributed by atoms with Gasteiger partial charge in [-0.25, -0.2) is 4.79 Å². The average Bonchev–Trinajstić information content (AvgIpc) is 3.22. The zero-order valence-corrected chi connectivity index (χ0v) is 19.9. The van der Waals surface area contributed by atoms with E-state index in [1.54, 1.807) is 25.9 Å². The van der Waals surface area contributed by atoms with Gasteiger partial charge in [0.1, 0.15) is 0 Å². The van der Waals surface area contributed by atoms with Crippen LogP contribution in [0.3, 0.4) is 0 Å². The van der Waals surface area contributed by atoms with Gasteiger partial charge in [0.25, 0.3) is 5.56 Å². The quantitative estimate of drug-likeness (QED) is 0.510. The van der Waals surface area contributed by atoms with E-state index < -0.39 is 0 Å². The summed E-state index contributed by atoms with van der Waals surface area (Å²) in [6.07, 6.45) is 1.62. The van der Waals surface area contributed by atoms with Gasteiger partial charge in [-0.05, 0) is 44.4 Å². The molecule has 3 heterocycles. The molecule has 10 heteroatoms. The Morgan fingerprint density at radius 2 is 1.61 bits per heavy atom. The van der Waals surface area contributed by atoms with Crippen molar-refractivity contribution in [3.05, 3.63) is 38.5 Å². The van der Waals surface area contributed by atoms with Gasteiger partial charge in [-0.15, -0.1) is 0 Å². The number of nitrogens with zero attached hydrogens (tertiary/aromatic N) is 5. The molecule has 0 saturated carbocycles. The van der Waals surface area contributed by atoms with E-state index in [1.807, 2.05) is 30.5 Å². The number of methoxy groups -OCH3 is 3. The number of hydrogen-bond donors (Lipinski definition) is 0. The zero-order chi connectivity index (χ0) is 23.7. The molecular weight excluding hydrogens is 426 g/mol. The summed E-state index contributed by atoms with van der Waals surface area (Å²) in [5.74, 6) is 2.53. The first-order valence-corrected chi connectivity index (χ1v) is 11.3. The van der Waals surface area contributed by atoms with Crippen molar-refractivity contribution in [1.29, 1.82) is 0 Å². The molecule has 0 saturated heterocycles. The van der Waals surface area contributed by atoms with E-state index in [0.717, 1.165) is 30.9 Å². The molecule has 1 aliphatic rings. The number of benzene rings is 1. The topological polar surface area (TPSA) is 92.8 Å². The number of aromatic nitrogens is 4. The Morgan fingerprint density at radius 1 is 0.939 bits per heavy atom. The molecule has 4 rings (SSSR count). The van der Waals surface area contributed by atoms with Crippen LogP contribution in [-0.4, -0.2) is 53.1 Å².